The molecule has 0 aromatic rings. The summed E-state index contributed by atoms with van der Waals surface area (Å²) in [5.41, 5.74) is 0.0947. The van der Waals surface area contributed by atoms with Gasteiger partial charge in [-0.3, -0.25) is 4.79 Å². The van der Waals surface area contributed by atoms with Crippen LogP contribution in [0.1, 0.15) is 33.1 Å². The Morgan fingerprint density at radius 1 is 1.50 bits per heavy atom. The molecule has 2 aliphatic rings. The third kappa shape index (κ3) is 2.47. The van der Waals surface area contributed by atoms with Crippen molar-refractivity contribution in [2.24, 2.45) is 5.92 Å². The van der Waals surface area contributed by atoms with Gasteiger partial charge in [0.05, 0.1) is 0 Å². The molecule has 80 valence electrons. The zero-order chi connectivity index (χ0) is 10.2. The van der Waals surface area contributed by atoms with Crippen molar-refractivity contribution in [1.82, 2.24) is 10.2 Å². The molecule has 3 heteroatoms. The lowest BCUT2D eigenvalue weighted by atomic mass is 10.0. The molecule has 1 heterocycles. The van der Waals surface area contributed by atoms with Crippen LogP contribution in [0.25, 0.3) is 0 Å². The van der Waals surface area contributed by atoms with Crippen molar-refractivity contribution in [1.29, 1.82) is 0 Å². The molecule has 1 N–H and O–H groups in total. The van der Waals surface area contributed by atoms with Gasteiger partial charge in [0.15, 0.2) is 0 Å². The number of hydrogen-bond donors (Lipinski definition) is 1. The first kappa shape index (κ1) is 9.97. The Morgan fingerprint density at radius 2 is 2.21 bits per heavy atom. The predicted molar refractivity (Wildman–Crippen MR) is 56.0 cm³/mol. The smallest absolute Gasteiger partial charge is 0.222 e. The monoisotopic (exact) mass is 196 g/mol. The van der Waals surface area contributed by atoms with E-state index in [1.54, 1.807) is 0 Å². The number of nitrogens with one attached hydrogen (secondary N) is 1. The van der Waals surface area contributed by atoms with E-state index in [0.29, 0.717) is 11.8 Å². The molecule has 0 aromatic heterocycles. The van der Waals surface area contributed by atoms with Crippen molar-refractivity contribution >= 4 is 5.91 Å². The zero-order valence-electron chi connectivity index (χ0n) is 9.18. The number of nitrogens with zero attached hydrogens (tertiary/aromatic N) is 1. The van der Waals surface area contributed by atoms with Crippen LogP contribution >= 0.6 is 0 Å². The molecule has 14 heavy (non-hydrogen) atoms. The lowest BCUT2D eigenvalue weighted by molar-refractivity contribution is -0.133. The van der Waals surface area contributed by atoms with Gasteiger partial charge in [-0.1, -0.05) is 0 Å². The van der Waals surface area contributed by atoms with Crippen LogP contribution in [0, 0.1) is 5.92 Å². The standard InChI is InChI=1S/C11H20N2O/c1-11(2)8-13(6-5-12-11)10(14)7-9-3-4-9/h9,12H,3-8H2,1-2H3. The first-order valence-electron chi connectivity index (χ1n) is 5.60. The van der Waals surface area contributed by atoms with Crippen molar-refractivity contribution in [2.75, 3.05) is 19.6 Å². The molecule has 1 saturated carbocycles. The molecular formula is C11H20N2O. The lowest BCUT2D eigenvalue weighted by Crippen LogP contribution is -2.58. The third-order valence-electron chi connectivity index (χ3n) is 3.08. The molecule has 0 spiro atoms. The Labute approximate surface area is 85.8 Å². The molecule has 2 rings (SSSR count). The van der Waals surface area contributed by atoms with Gasteiger partial charge in [-0.25, -0.2) is 0 Å². The number of carbonyl (C=O) groups is 1. The van der Waals surface area contributed by atoms with Crippen LogP contribution in [0.5, 0.6) is 0 Å². The van der Waals surface area contributed by atoms with Gasteiger partial charge in [-0.15, -0.1) is 0 Å². The van der Waals surface area contributed by atoms with Crippen LogP contribution in [-0.2, 0) is 4.79 Å². The second-order valence-electron chi connectivity index (χ2n) is 5.27. The van der Waals surface area contributed by atoms with Crippen molar-refractivity contribution in [3.05, 3.63) is 0 Å². The molecule has 0 aromatic carbocycles. The number of hydrogen-bond acceptors (Lipinski definition) is 2. The Kier molecular flexibility index (Phi) is 2.52. The summed E-state index contributed by atoms with van der Waals surface area (Å²) < 4.78 is 0. The van der Waals surface area contributed by atoms with E-state index in [-0.39, 0.29) is 5.54 Å². The molecule has 0 bridgehead atoms. The highest BCUT2D eigenvalue weighted by atomic mass is 16.2. The van der Waals surface area contributed by atoms with Gasteiger partial charge in [0.1, 0.15) is 0 Å². The number of carbonyl (C=O) groups excluding carboxylic acids is 1. The predicted octanol–water partition coefficient (Wildman–Crippen LogP) is 0.997. The van der Waals surface area contributed by atoms with Crippen molar-refractivity contribution in [2.45, 2.75) is 38.6 Å². The SMILES string of the molecule is CC1(C)CN(C(=O)CC2CC2)CCN1. The highest BCUT2D eigenvalue weighted by Gasteiger charge is 2.31. The van der Waals surface area contributed by atoms with Gasteiger partial charge >= 0.3 is 0 Å². The molecule has 1 aliphatic heterocycles. The molecule has 3 nitrogen and oxygen atoms in total. The van der Waals surface area contributed by atoms with Gasteiger partial charge in [0, 0.05) is 31.6 Å². The first-order valence-corrected chi connectivity index (χ1v) is 5.60. The highest BCUT2D eigenvalue weighted by molar-refractivity contribution is 5.77. The number of rotatable bonds is 2. The fourth-order valence-corrected chi connectivity index (χ4v) is 2.05. The molecule has 0 radical (unpaired) electrons. The summed E-state index contributed by atoms with van der Waals surface area (Å²) >= 11 is 0. The van der Waals surface area contributed by atoms with Crippen LogP contribution in [0.4, 0.5) is 0 Å². The summed E-state index contributed by atoms with van der Waals surface area (Å²) in [6.45, 7) is 6.99. The maximum Gasteiger partial charge on any atom is 0.222 e. The van der Waals surface area contributed by atoms with E-state index in [0.717, 1.165) is 26.1 Å². The van der Waals surface area contributed by atoms with E-state index in [4.69, 9.17) is 0 Å². The average Bonchev–Trinajstić information content (AvgIpc) is 2.86. The van der Waals surface area contributed by atoms with Crippen LogP contribution in [-0.4, -0.2) is 36.0 Å². The quantitative estimate of drug-likeness (QED) is 0.714. The third-order valence-corrected chi connectivity index (χ3v) is 3.08. The Morgan fingerprint density at radius 3 is 2.79 bits per heavy atom. The van der Waals surface area contributed by atoms with Crippen LogP contribution in [0.3, 0.4) is 0 Å². The maximum atomic E-state index is 11.8. The van der Waals surface area contributed by atoms with Gasteiger partial charge in [-0.05, 0) is 32.6 Å². The van der Waals surface area contributed by atoms with E-state index in [1.807, 2.05) is 4.90 Å². The molecule has 1 aliphatic carbocycles. The Hall–Kier alpha value is -0.570. The van der Waals surface area contributed by atoms with E-state index < -0.39 is 0 Å². The minimum Gasteiger partial charge on any atom is -0.340 e. The zero-order valence-corrected chi connectivity index (χ0v) is 9.18. The molecular weight excluding hydrogens is 176 g/mol. The lowest BCUT2D eigenvalue weighted by Gasteiger charge is -2.39. The minimum absolute atomic E-state index is 0.0947. The molecule has 1 saturated heterocycles. The second-order valence-corrected chi connectivity index (χ2v) is 5.27. The fourth-order valence-electron chi connectivity index (χ4n) is 2.05. The summed E-state index contributed by atoms with van der Waals surface area (Å²) in [4.78, 5) is 13.9. The summed E-state index contributed by atoms with van der Waals surface area (Å²) in [6, 6.07) is 0. The van der Waals surface area contributed by atoms with E-state index >= 15 is 0 Å². The molecule has 2 fully saturated rings. The van der Waals surface area contributed by atoms with Crippen LogP contribution < -0.4 is 5.32 Å². The van der Waals surface area contributed by atoms with E-state index in [1.165, 1.54) is 12.8 Å². The van der Waals surface area contributed by atoms with E-state index in [9.17, 15) is 4.79 Å². The van der Waals surface area contributed by atoms with Crippen molar-refractivity contribution < 1.29 is 4.79 Å². The molecule has 0 unspecified atom stereocenters. The molecule has 1 amide bonds. The molecule has 0 atom stereocenters. The summed E-state index contributed by atoms with van der Waals surface area (Å²) in [5, 5.41) is 3.42. The Balaban J connectivity index is 1.86. The van der Waals surface area contributed by atoms with Crippen LogP contribution in [0.15, 0.2) is 0 Å². The van der Waals surface area contributed by atoms with Crippen molar-refractivity contribution in [3.8, 4) is 0 Å². The minimum atomic E-state index is 0.0947. The highest BCUT2D eigenvalue weighted by Crippen LogP contribution is 2.33. The van der Waals surface area contributed by atoms with Crippen molar-refractivity contribution in [3.63, 3.8) is 0 Å². The Bertz CT molecular complexity index is 233. The summed E-state index contributed by atoms with van der Waals surface area (Å²) in [6.07, 6.45) is 3.32. The first-order chi connectivity index (χ1) is 6.57. The summed E-state index contributed by atoms with van der Waals surface area (Å²) in [5.74, 6) is 1.07. The normalized spacial score (nSPS) is 26.3. The van der Waals surface area contributed by atoms with Gasteiger partial charge < -0.3 is 10.2 Å². The van der Waals surface area contributed by atoms with Gasteiger partial charge in [0.2, 0.25) is 5.91 Å². The topological polar surface area (TPSA) is 32.3 Å². The van der Waals surface area contributed by atoms with Gasteiger partial charge in [0.25, 0.3) is 0 Å². The van der Waals surface area contributed by atoms with E-state index in [2.05, 4.69) is 19.2 Å². The fraction of sp³-hybridized carbons (Fsp3) is 0.909. The van der Waals surface area contributed by atoms with Gasteiger partial charge in [-0.2, -0.15) is 0 Å². The number of piperazine rings is 1. The number of amides is 1. The van der Waals surface area contributed by atoms with Crippen LogP contribution in [0.2, 0.25) is 0 Å². The second kappa shape index (κ2) is 3.54. The summed E-state index contributed by atoms with van der Waals surface area (Å²) in [7, 11) is 0. The maximum absolute atomic E-state index is 11.8. The average molecular weight is 196 g/mol. The largest absolute Gasteiger partial charge is 0.340 e.